The molecule has 1 fully saturated rings. The van der Waals surface area contributed by atoms with Gasteiger partial charge in [0.2, 0.25) is 0 Å². The highest BCUT2D eigenvalue weighted by Crippen LogP contribution is 2.24. The molecule has 0 bridgehead atoms. The molecule has 0 saturated carbocycles. The molecule has 1 aliphatic rings. The fourth-order valence-corrected chi connectivity index (χ4v) is 0.944. The van der Waals surface area contributed by atoms with E-state index in [1.165, 1.54) is 0 Å². The summed E-state index contributed by atoms with van der Waals surface area (Å²) in [4.78, 5) is 0. The Labute approximate surface area is 61.5 Å². The molecule has 0 aliphatic carbocycles. The van der Waals surface area contributed by atoms with E-state index in [2.05, 4.69) is 19.1 Å². The van der Waals surface area contributed by atoms with Crippen LogP contribution in [0.4, 0.5) is 0 Å². The quantitative estimate of drug-likeness (QED) is 0.471. The van der Waals surface area contributed by atoms with E-state index in [-0.39, 0.29) is 12.7 Å². The van der Waals surface area contributed by atoms with Crippen molar-refractivity contribution in [1.82, 2.24) is 0 Å². The number of hydrogen-bond acceptors (Lipinski definition) is 2. The summed E-state index contributed by atoms with van der Waals surface area (Å²) in [5.74, 6) is 0. The zero-order valence-corrected chi connectivity index (χ0v) is 6.29. The van der Waals surface area contributed by atoms with Crippen molar-refractivity contribution in [3.63, 3.8) is 0 Å². The summed E-state index contributed by atoms with van der Waals surface area (Å²) in [6.45, 7) is 2.28. The molecule has 0 radical (unpaired) electrons. The molecule has 0 aromatic carbocycles. The molecule has 0 spiro atoms. The first-order valence-electron chi connectivity index (χ1n) is 3.79. The molecule has 1 rings (SSSR count). The van der Waals surface area contributed by atoms with Crippen molar-refractivity contribution in [2.75, 3.05) is 6.61 Å². The minimum Gasteiger partial charge on any atom is -0.394 e. The molecule has 1 heterocycles. The number of epoxide rings is 1. The van der Waals surface area contributed by atoms with Gasteiger partial charge in [-0.2, -0.15) is 0 Å². The van der Waals surface area contributed by atoms with Crippen molar-refractivity contribution in [2.24, 2.45) is 0 Å². The Bertz CT molecular complexity index is 120. The molecule has 1 saturated heterocycles. The molecule has 2 heteroatoms. The van der Waals surface area contributed by atoms with Gasteiger partial charge < -0.3 is 9.84 Å². The smallest absolute Gasteiger partial charge is 0.107 e. The van der Waals surface area contributed by atoms with Gasteiger partial charge in [-0.25, -0.2) is 0 Å². The molecular formula is C8H14O2. The van der Waals surface area contributed by atoms with E-state index in [1.807, 2.05) is 0 Å². The predicted octanol–water partition coefficient (Wildman–Crippen LogP) is 1.10. The van der Waals surface area contributed by atoms with Crippen LogP contribution in [0, 0.1) is 0 Å². The van der Waals surface area contributed by atoms with Gasteiger partial charge in [-0.05, 0) is 12.8 Å². The number of allylic oxidation sites excluding steroid dienone is 1. The lowest BCUT2D eigenvalue weighted by molar-refractivity contribution is 0.242. The lowest BCUT2D eigenvalue weighted by atomic mass is 10.2. The molecule has 0 aromatic rings. The average Bonchev–Trinajstić information content (AvgIpc) is 2.68. The number of rotatable bonds is 4. The third kappa shape index (κ3) is 2.12. The Morgan fingerprint density at radius 1 is 1.40 bits per heavy atom. The molecule has 1 aliphatic heterocycles. The lowest BCUT2D eigenvalue weighted by Gasteiger charge is -1.83. The fraction of sp³-hybridized carbons (Fsp3) is 0.750. The van der Waals surface area contributed by atoms with Crippen LogP contribution >= 0.6 is 0 Å². The summed E-state index contributed by atoms with van der Waals surface area (Å²) in [5.41, 5.74) is 0. The normalized spacial score (nSPS) is 31.4. The fourth-order valence-electron chi connectivity index (χ4n) is 0.944. The van der Waals surface area contributed by atoms with E-state index in [0.717, 1.165) is 12.8 Å². The van der Waals surface area contributed by atoms with Gasteiger partial charge in [-0.3, -0.25) is 0 Å². The van der Waals surface area contributed by atoms with Crippen LogP contribution in [0.5, 0.6) is 0 Å². The second-order valence-electron chi connectivity index (χ2n) is 2.51. The summed E-state index contributed by atoms with van der Waals surface area (Å²) < 4.78 is 5.11. The van der Waals surface area contributed by atoms with Crippen LogP contribution in [0.1, 0.15) is 19.8 Å². The van der Waals surface area contributed by atoms with Crippen molar-refractivity contribution < 1.29 is 9.84 Å². The van der Waals surface area contributed by atoms with Gasteiger partial charge in [-0.1, -0.05) is 19.1 Å². The predicted molar refractivity (Wildman–Crippen MR) is 39.8 cm³/mol. The van der Waals surface area contributed by atoms with Gasteiger partial charge in [0.1, 0.15) is 6.10 Å². The maximum absolute atomic E-state index is 8.58. The third-order valence-corrected chi connectivity index (χ3v) is 1.64. The number of hydrogen-bond donors (Lipinski definition) is 1. The summed E-state index contributed by atoms with van der Waals surface area (Å²) in [5, 5.41) is 8.58. The Hall–Kier alpha value is -0.340. The van der Waals surface area contributed by atoms with E-state index in [0.29, 0.717) is 6.10 Å². The zero-order chi connectivity index (χ0) is 7.40. The van der Waals surface area contributed by atoms with Crippen LogP contribution in [0.2, 0.25) is 0 Å². The molecule has 2 unspecified atom stereocenters. The monoisotopic (exact) mass is 142 g/mol. The molecule has 2 nitrogen and oxygen atoms in total. The SMILES string of the molecule is CCC=CCC1OC1CO. The highest BCUT2D eigenvalue weighted by Gasteiger charge is 2.36. The van der Waals surface area contributed by atoms with Crippen molar-refractivity contribution in [3.8, 4) is 0 Å². The Morgan fingerprint density at radius 3 is 2.70 bits per heavy atom. The summed E-state index contributed by atoms with van der Waals surface area (Å²) in [7, 11) is 0. The van der Waals surface area contributed by atoms with Crippen molar-refractivity contribution >= 4 is 0 Å². The van der Waals surface area contributed by atoms with E-state index < -0.39 is 0 Å². The summed E-state index contributed by atoms with van der Waals surface area (Å²) in [6, 6.07) is 0. The van der Waals surface area contributed by atoms with Crippen LogP contribution in [0.15, 0.2) is 12.2 Å². The van der Waals surface area contributed by atoms with Crippen molar-refractivity contribution in [2.45, 2.75) is 32.0 Å². The van der Waals surface area contributed by atoms with Crippen LogP contribution in [0.25, 0.3) is 0 Å². The summed E-state index contributed by atoms with van der Waals surface area (Å²) >= 11 is 0. The Kier molecular flexibility index (Phi) is 2.90. The average molecular weight is 142 g/mol. The van der Waals surface area contributed by atoms with Crippen LogP contribution in [0.3, 0.4) is 0 Å². The highest BCUT2D eigenvalue weighted by molar-refractivity contribution is 4.92. The highest BCUT2D eigenvalue weighted by atomic mass is 16.6. The van der Waals surface area contributed by atoms with Crippen molar-refractivity contribution in [1.29, 1.82) is 0 Å². The van der Waals surface area contributed by atoms with Gasteiger partial charge in [-0.15, -0.1) is 0 Å². The number of ether oxygens (including phenoxy) is 1. The maximum Gasteiger partial charge on any atom is 0.107 e. The van der Waals surface area contributed by atoms with E-state index in [9.17, 15) is 0 Å². The van der Waals surface area contributed by atoms with Gasteiger partial charge in [0.15, 0.2) is 0 Å². The molecule has 0 aromatic heterocycles. The van der Waals surface area contributed by atoms with Gasteiger partial charge in [0.25, 0.3) is 0 Å². The topological polar surface area (TPSA) is 32.8 Å². The second-order valence-corrected chi connectivity index (χ2v) is 2.51. The van der Waals surface area contributed by atoms with Crippen LogP contribution in [-0.2, 0) is 4.74 Å². The van der Waals surface area contributed by atoms with Crippen molar-refractivity contribution in [3.05, 3.63) is 12.2 Å². The number of aliphatic hydroxyl groups is 1. The first-order chi connectivity index (χ1) is 4.88. The largest absolute Gasteiger partial charge is 0.394 e. The van der Waals surface area contributed by atoms with E-state index in [4.69, 9.17) is 9.84 Å². The zero-order valence-electron chi connectivity index (χ0n) is 6.29. The summed E-state index contributed by atoms with van der Waals surface area (Å²) in [6.07, 6.45) is 6.70. The molecule has 10 heavy (non-hydrogen) atoms. The molecule has 1 N–H and O–H groups in total. The lowest BCUT2D eigenvalue weighted by Crippen LogP contribution is -1.97. The molecular weight excluding hydrogens is 128 g/mol. The first kappa shape index (κ1) is 7.76. The molecule has 2 atom stereocenters. The van der Waals surface area contributed by atoms with Crippen LogP contribution in [-0.4, -0.2) is 23.9 Å². The minimum absolute atomic E-state index is 0.126. The Morgan fingerprint density at radius 2 is 2.20 bits per heavy atom. The number of aliphatic hydroxyl groups excluding tert-OH is 1. The molecule has 0 amide bonds. The van der Waals surface area contributed by atoms with Gasteiger partial charge in [0, 0.05) is 0 Å². The standard InChI is InChI=1S/C8H14O2/c1-2-3-4-5-7-8(6-9)10-7/h3-4,7-9H,2,5-6H2,1H3. The molecule has 58 valence electrons. The first-order valence-corrected chi connectivity index (χ1v) is 3.79. The minimum atomic E-state index is 0.126. The van der Waals surface area contributed by atoms with E-state index in [1.54, 1.807) is 0 Å². The maximum atomic E-state index is 8.58. The van der Waals surface area contributed by atoms with E-state index >= 15 is 0 Å². The van der Waals surface area contributed by atoms with Gasteiger partial charge >= 0.3 is 0 Å². The van der Waals surface area contributed by atoms with Crippen LogP contribution < -0.4 is 0 Å². The van der Waals surface area contributed by atoms with Gasteiger partial charge in [0.05, 0.1) is 12.7 Å². The third-order valence-electron chi connectivity index (χ3n) is 1.64. The second kappa shape index (κ2) is 3.74. The Balaban J connectivity index is 2.01.